The summed E-state index contributed by atoms with van der Waals surface area (Å²) in [4.78, 5) is 23.5. The molecule has 0 aromatic heterocycles. The molecule has 0 aliphatic carbocycles. The molecule has 0 fully saturated rings. The quantitative estimate of drug-likeness (QED) is 0.815. The standard InChI is InChI=1S/C10H9ClN2O3/c11-6-2-1-3-7-10(6)13(5-9(15)16)4-8(14)12-7/h1-3H,4-5H2,(H,12,14)(H,15,16). The normalized spacial score (nSPS) is 14.3. The van der Waals surface area contributed by atoms with Gasteiger partial charge in [-0.15, -0.1) is 0 Å². The number of hydrogen-bond donors (Lipinski definition) is 2. The van der Waals surface area contributed by atoms with Crippen molar-refractivity contribution in [3.63, 3.8) is 0 Å². The number of benzene rings is 1. The van der Waals surface area contributed by atoms with Gasteiger partial charge in [0.15, 0.2) is 0 Å². The maximum atomic E-state index is 11.3. The van der Waals surface area contributed by atoms with Crippen LogP contribution in [0.15, 0.2) is 18.2 Å². The summed E-state index contributed by atoms with van der Waals surface area (Å²) < 4.78 is 0. The van der Waals surface area contributed by atoms with Gasteiger partial charge < -0.3 is 15.3 Å². The number of halogens is 1. The van der Waals surface area contributed by atoms with Crippen LogP contribution >= 0.6 is 11.6 Å². The van der Waals surface area contributed by atoms with Gasteiger partial charge in [0, 0.05) is 0 Å². The van der Waals surface area contributed by atoms with Crippen molar-refractivity contribution >= 4 is 34.9 Å². The number of nitrogens with one attached hydrogen (secondary N) is 1. The highest BCUT2D eigenvalue weighted by molar-refractivity contribution is 6.34. The molecule has 1 aromatic rings. The maximum absolute atomic E-state index is 11.3. The highest BCUT2D eigenvalue weighted by atomic mass is 35.5. The zero-order valence-corrected chi connectivity index (χ0v) is 8.99. The third-order valence-corrected chi connectivity index (χ3v) is 2.54. The predicted octanol–water partition coefficient (Wildman–Crippen LogP) is 1.18. The molecule has 0 spiro atoms. The van der Waals surface area contributed by atoms with Gasteiger partial charge in [0.05, 0.1) is 22.9 Å². The topological polar surface area (TPSA) is 69.6 Å². The molecule has 84 valence electrons. The number of fused-ring (bicyclic) bond motifs is 1. The van der Waals surface area contributed by atoms with E-state index in [1.807, 2.05) is 0 Å². The van der Waals surface area contributed by atoms with Crippen LogP contribution in [-0.2, 0) is 9.59 Å². The molecule has 1 amide bonds. The van der Waals surface area contributed by atoms with E-state index in [2.05, 4.69) is 5.32 Å². The Morgan fingerprint density at radius 2 is 2.31 bits per heavy atom. The fourth-order valence-corrected chi connectivity index (χ4v) is 1.97. The van der Waals surface area contributed by atoms with Gasteiger partial charge in [-0.1, -0.05) is 17.7 Å². The molecule has 0 atom stereocenters. The highest BCUT2D eigenvalue weighted by Gasteiger charge is 2.25. The number of rotatable bonds is 2. The van der Waals surface area contributed by atoms with Crippen molar-refractivity contribution in [1.29, 1.82) is 0 Å². The van der Waals surface area contributed by atoms with Gasteiger partial charge >= 0.3 is 5.97 Å². The van der Waals surface area contributed by atoms with Crippen LogP contribution < -0.4 is 10.2 Å². The lowest BCUT2D eigenvalue weighted by molar-refractivity contribution is -0.135. The molecule has 6 heteroatoms. The van der Waals surface area contributed by atoms with Crippen molar-refractivity contribution in [3.05, 3.63) is 23.2 Å². The Balaban J connectivity index is 2.43. The van der Waals surface area contributed by atoms with Gasteiger partial charge in [-0.3, -0.25) is 9.59 Å². The SMILES string of the molecule is O=C(O)CN1CC(=O)Nc2cccc(Cl)c21. The van der Waals surface area contributed by atoms with Crippen LogP contribution in [0.25, 0.3) is 0 Å². The lowest BCUT2D eigenvalue weighted by Crippen LogP contribution is -2.41. The molecule has 1 aliphatic heterocycles. The van der Waals surface area contributed by atoms with E-state index in [0.29, 0.717) is 16.4 Å². The molecule has 0 saturated heterocycles. The van der Waals surface area contributed by atoms with E-state index in [0.717, 1.165) is 0 Å². The number of amides is 1. The summed E-state index contributed by atoms with van der Waals surface area (Å²) >= 11 is 5.98. The molecule has 1 heterocycles. The minimum atomic E-state index is -0.999. The van der Waals surface area contributed by atoms with Crippen LogP contribution in [0.5, 0.6) is 0 Å². The molecule has 0 unspecified atom stereocenters. The Hall–Kier alpha value is -1.75. The number of nitrogens with zero attached hydrogens (tertiary/aromatic N) is 1. The van der Waals surface area contributed by atoms with E-state index < -0.39 is 5.97 Å². The molecule has 2 rings (SSSR count). The Morgan fingerprint density at radius 1 is 1.56 bits per heavy atom. The minimum absolute atomic E-state index is 0.00301. The number of carbonyl (C=O) groups excluding carboxylic acids is 1. The summed E-state index contributed by atoms with van der Waals surface area (Å²) in [5.74, 6) is -1.24. The van der Waals surface area contributed by atoms with Gasteiger partial charge in [0.2, 0.25) is 5.91 Å². The number of carboxylic acid groups (broad SMARTS) is 1. The molecule has 1 aromatic carbocycles. The zero-order valence-electron chi connectivity index (χ0n) is 8.24. The Labute approximate surface area is 96.6 Å². The largest absolute Gasteiger partial charge is 0.480 e. The van der Waals surface area contributed by atoms with Gasteiger partial charge in [0.25, 0.3) is 0 Å². The number of aliphatic carboxylic acids is 1. The van der Waals surface area contributed by atoms with Crippen LogP contribution in [0.4, 0.5) is 11.4 Å². The van der Waals surface area contributed by atoms with Gasteiger partial charge in [-0.25, -0.2) is 0 Å². The van der Waals surface area contributed by atoms with E-state index in [9.17, 15) is 9.59 Å². The molecule has 1 aliphatic rings. The zero-order chi connectivity index (χ0) is 11.7. The van der Waals surface area contributed by atoms with Crippen molar-refractivity contribution in [2.45, 2.75) is 0 Å². The molecule has 16 heavy (non-hydrogen) atoms. The van der Waals surface area contributed by atoms with Gasteiger partial charge in [-0.2, -0.15) is 0 Å². The Bertz CT molecular complexity index is 461. The molecule has 2 N–H and O–H groups in total. The summed E-state index contributed by atoms with van der Waals surface area (Å²) in [5.41, 5.74) is 1.11. The van der Waals surface area contributed by atoms with Crippen LogP contribution in [0, 0.1) is 0 Å². The molecule has 0 saturated carbocycles. The Morgan fingerprint density at radius 3 is 3.00 bits per heavy atom. The summed E-state index contributed by atoms with van der Waals surface area (Å²) in [7, 11) is 0. The predicted molar refractivity (Wildman–Crippen MR) is 59.9 cm³/mol. The van der Waals surface area contributed by atoms with Crippen molar-refractivity contribution in [1.82, 2.24) is 0 Å². The molecule has 0 radical (unpaired) electrons. The smallest absolute Gasteiger partial charge is 0.323 e. The second-order valence-corrected chi connectivity index (χ2v) is 3.84. The van der Waals surface area contributed by atoms with Crippen molar-refractivity contribution in [2.75, 3.05) is 23.3 Å². The number of carboxylic acids is 1. The number of carbonyl (C=O) groups is 2. The van der Waals surface area contributed by atoms with Gasteiger partial charge in [0.1, 0.15) is 6.54 Å². The maximum Gasteiger partial charge on any atom is 0.323 e. The summed E-state index contributed by atoms with van der Waals surface area (Å²) in [5, 5.41) is 11.8. The first-order valence-corrected chi connectivity index (χ1v) is 5.01. The third-order valence-electron chi connectivity index (χ3n) is 2.24. The lowest BCUT2D eigenvalue weighted by atomic mass is 10.2. The van der Waals surface area contributed by atoms with Crippen LogP contribution in [0.1, 0.15) is 0 Å². The number of para-hydroxylation sites is 1. The summed E-state index contributed by atoms with van der Waals surface area (Å²) in [6.07, 6.45) is 0. The van der Waals surface area contributed by atoms with Crippen molar-refractivity contribution in [3.8, 4) is 0 Å². The second-order valence-electron chi connectivity index (χ2n) is 3.43. The summed E-state index contributed by atoms with van der Waals surface area (Å²) in [6, 6.07) is 5.05. The third kappa shape index (κ3) is 1.94. The average Bonchev–Trinajstić information content (AvgIpc) is 2.15. The second kappa shape index (κ2) is 4.02. The van der Waals surface area contributed by atoms with E-state index in [1.54, 1.807) is 18.2 Å². The summed E-state index contributed by atoms with van der Waals surface area (Å²) in [6.45, 7) is -0.243. The minimum Gasteiger partial charge on any atom is -0.480 e. The first-order valence-electron chi connectivity index (χ1n) is 4.63. The van der Waals surface area contributed by atoms with E-state index >= 15 is 0 Å². The molecule has 0 bridgehead atoms. The lowest BCUT2D eigenvalue weighted by Gasteiger charge is -2.30. The number of hydrogen-bond acceptors (Lipinski definition) is 3. The fraction of sp³-hybridized carbons (Fsp3) is 0.200. The number of anilines is 2. The van der Waals surface area contributed by atoms with Gasteiger partial charge in [-0.05, 0) is 12.1 Å². The van der Waals surface area contributed by atoms with Crippen LogP contribution in [0.3, 0.4) is 0 Å². The monoisotopic (exact) mass is 240 g/mol. The molecular formula is C10H9ClN2O3. The molecule has 5 nitrogen and oxygen atoms in total. The van der Waals surface area contributed by atoms with Crippen molar-refractivity contribution in [2.24, 2.45) is 0 Å². The van der Waals surface area contributed by atoms with Crippen molar-refractivity contribution < 1.29 is 14.7 Å². The van der Waals surface area contributed by atoms with Crippen LogP contribution in [-0.4, -0.2) is 30.1 Å². The first-order chi connectivity index (χ1) is 7.58. The Kier molecular flexibility index (Phi) is 2.70. The van der Waals surface area contributed by atoms with E-state index in [1.165, 1.54) is 4.90 Å². The highest BCUT2D eigenvalue weighted by Crippen LogP contribution is 2.35. The van der Waals surface area contributed by atoms with E-state index in [-0.39, 0.29) is 19.0 Å². The van der Waals surface area contributed by atoms with Crippen LogP contribution in [0.2, 0.25) is 5.02 Å². The first kappa shape index (κ1) is 10.8. The van der Waals surface area contributed by atoms with E-state index in [4.69, 9.17) is 16.7 Å². The average molecular weight is 241 g/mol. The fourth-order valence-electron chi connectivity index (χ4n) is 1.68. The molecular weight excluding hydrogens is 232 g/mol.